The van der Waals surface area contributed by atoms with Crippen molar-refractivity contribution in [3.8, 4) is 5.75 Å². The number of piperazine rings is 1. The van der Waals surface area contributed by atoms with Crippen molar-refractivity contribution in [2.24, 2.45) is 5.84 Å². The van der Waals surface area contributed by atoms with Gasteiger partial charge in [-0.2, -0.15) is 0 Å². The molecule has 1 aromatic carbocycles. The van der Waals surface area contributed by atoms with Crippen LogP contribution in [-0.4, -0.2) is 60.3 Å². The zero-order valence-corrected chi connectivity index (χ0v) is 17.7. The van der Waals surface area contributed by atoms with Gasteiger partial charge in [-0.3, -0.25) is 19.8 Å². The number of carbonyl (C=O) groups excluding carboxylic acids is 3. The van der Waals surface area contributed by atoms with Crippen LogP contribution in [0.3, 0.4) is 0 Å². The van der Waals surface area contributed by atoms with Crippen LogP contribution < -0.4 is 16.0 Å². The molecule has 0 bridgehead atoms. The van der Waals surface area contributed by atoms with Gasteiger partial charge in [0.05, 0.1) is 17.5 Å². The average Bonchev–Trinajstić information content (AvgIpc) is 2.69. The van der Waals surface area contributed by atoms with Crippen LogP contribution in [0, 0.1) is 6.92 Å². The number of hydrogen-bond acceptors (Lipinski definition) is 5. The summed E-state index contributed by atoms with van der Waals surface area (Å²) in [6.45, 7) is 4.36. The first-order valence-corrected chi connectivity index (χ1v) is 10.1. The predicted octanol–water partition coefficient (Wildman–Crippen LogP) is 1.36. The number of aryl methyl sites for hydroxylation is 1. The maximum absolute atomic E-state index is 12.4. The number of nitrogens with one attached hydrogen (secondary N) is 1. The SMILES string of the molecule is Cc1ccc(OCCC(=O)N2CCN(C(=O)CCCC(=O)NN)CC2)c(Br)c1. The largest absolute Gasteiger partial charge is 0.492 e. The number of hydrogen-bond donors (Lipinski definition) is 2. The van der Waals surface area contributed by atoms with Crippen molar-refractivity contribution in [1.29, 1.82) is 0 Å². The lowest BCUT2D eigenvalue weighted by Crippen LogP contribution is -2.50. The summed E-state index contributed by atoms with van der Waals surface area (Å²) in [7, 11) is 0. The van der Waals surface area contributed by atoms with E-state index in [0.29, 0.717) is 52.0 Å². The smallest absolute Gasteiger partial charge is 0.233 e. The number of ether oxygens (including phenoxy) is 1. The zero-order valence-electron chi connectivity index (χ0n) is 16.1. The standard InChI is InChI=1S/C19H27BrN4O4/c1-14-5-6-16(15(20)13-14)28-12-7-19(27)24-10-8-23(9-11-24)18(26)4-2-3-17(25)22-21/h5-6,13H,2-4,7-12,21H2,1H3,(H,22,25). The van der Waals surface area contributed by atoms with Crippen molar-refractivity contribution < 1.29 is 19.1 Å². The van der Waals surface area contributed by atoms with Crippen molar-refractivity contribution in [2.75, 3.05) is 32.8 Å². The van der Waals surface area contributed by atoms with E-state index >= 15 is 0 Å². The summed E-state index contributed by atoms with van der Waals surface area (Å²) in [5, 5.41) is 0. The van der Waals surface area contributed by atoms with E-state index < -0.39 is 0 Å². The zero-order chi connectivity index (χ0) is 20.5. The first-order valence-electron chi connectivity index (χ1n) is 9.34. The molecule has 3 amide bonds. The molecule has 1 aliphatic heterocycles. The van der Waals surface area contributed by atoms with E-state index in [-0.39, 0.29) is 24.1 Å². The molecule has 1 heterocycles. The third-order valence-electron chi connectivity index (χ3n) is 4.60. The third-order valence-corrected chi connectivity index (χ3v) is 5.22. The summed E-state index contributed by atoms with van der Waals surface area (Å²) in [5.74, 6) is 5.48. The van der Waals surface area contributed by atoms with E-state index in [9.17, 15) is 14.4 Å². The van der Waals surface area contributed by atoms with E-state index in [1.807, 2.05) is 30.5 Å². The molecule has 0 atom stereocenters. The van der Waals surface area contributed by atoms with Crippen molar-refractivity contribution in [3.05, 3.63) is 28.2 Å². The topological polar surface area (TPSA) is 105 Å². The van der Waals surface area contributed by atoms with Gasteiger partial charge in [-0.05, 0) is 47.0 Å². The first-order chi connectivity index (χ1) is 13.4. The van der Waals surface area contributed by atoms with Gasteiger partial charge in [0.2, 0.25) is 17.7 Å². The molecule has 2 rings (SSSR count). The Labute approximate surface area is 173 Å². The maximum atomic E-state index is 12.4. The summed E-state index contributed by atoms with van der Waals surface area (Å²) in [6.07, 6.45) is 1.30. The molecule has 154 valence electrons. The number of amides is 3. The first kappa shape index (κ1) is 22.2. The van der Waals surface area contributed by atoms with Crippen LogP contribution >= 0.6 is 15.9 Å². The second kappa shape index (κ2) is 11.0. The highest BCUT2D eigenvalue weighted by Crippen LogP contribution is 2.25. The predicted molar refractivity (Wildman–Crippen MR) is 108 cm³/mol. The van der Waals surface area contributed by atoms with Gasteiger partial charge in [-0.1, -0.05) is 6.07 Å². The highest BCUT2D eigenvalue weighted by Gasteiger charge is 2.23. The molecule has 0 spiro atoms. The van der Waals surface area contributed by atoms with Gasteiger partial charge in [0, 0.05) is 39.0 Å². The Hall–Kier alpha value is -2.13. The van der Waals surface area contributed by atoms with Gasteiger partial charge in [0.25, 0.3) is 0 Å². The summed E-state index contributed by atoms with van der Waals surface area (Å²) >= 11 is 3.45. The molecule has 9 heteroatoms. The molecule has 0 unspecified atom stereocenters. The number of nitrogens with zero attached hydrogens (tertiary/aromatic N) is 2. The summed E-state index contributed by atoms with van der Waals surface area (Å²) in [4.78, 5) is 39.1. The molecular weight excluding hydrogens is 428 g/mol. The van der Waals surface area contributed by atoms with Crippen LogP contribution in [0.5, 0.6) is 5.75 Å². The summed E-state index contributed by atoms with van der Waals surface area (Å²) < 4.78 is 6.56. The van der Waals surface area contributed by atoms with Crippen LogP contribution in [-0.2, 0) is 14.4 Å². The quantitative estimate of drug-likeness (QED) is 0.350. The van der Waals surface area contributed by atoms with E-state index in [0.717, 1.165) is 15.8 Å². The monoisotopic (exact) mass is 454 g/mol. The van der Waals surface area contributed by atoms with Crippen molar-refractivity contribution in [1.82, 2.24) is 15.2 Å². The fourth-order valence-electron chi connectivity index (χ4n) is 2.97. The van der Waals surface area contributed by atoms with Crippen LogP contribution in [0.2, 0.25) is 0 Å². The molecule has 0 aliphatic carbocycles. The molecule has 1 aromatic rings. The lowest BCUT2D eigenvalue weighted by Gasteiger charge is -2.35. The fourth-order valence-corrected chi connectivity index (χ4v) is 3.57. The molecule has 0 radical (unpaired) electrons. The Morgan fingerprint density at radius 2 is 1.68 bits per heavy atom. The van der Waals surface area contributed by atoms with Gasteiger partial charge >= 0.3 is 0 Å². The lowest BCUT2D eigenvalue weighted by atomic mass is 10.2. The van der Waals surface area contributed by atoms with E-state index in [2.05, 4.69) is 15.9 Å². The second-order valence-electron chi connectivity index (χ2n) is 6.71. The highest BCUT2D eigenvalue weighted by molar-refractivity contribution is 9.10. The Bertz CT molecular complexity index is 705. The number of benzene rings is 1. The number of hydrazine groups is 1. The summed E-state index contributed by atoms with van der Waals surface area (Å²) in [6, 6.07) is 5.81. The number of rotatable bonds is 8. The second-order valence-corrected chi connectivity index (χ2v) is 7.57. The molecule has 1 saturated heterocycles. The minimum atomic E-state index is -0.275. The van der Waals surface area contributed by atoms with Crippen LogP contribution in [0.4, 0.5) is 0 Å². The molecular formula is C19H27BrN4O4. The third kappa shape index (κ3) is 6.79. The van der Waals surface area contributed by atoms with Gasteiger partial charge < -0.3 is 14.5 Å². The van der Waals surface area contributed by atoms with Crippen LogP contribution in [0.1, 0.15) is 31.2 Å². The number of nitrogens with two attached hydrogens (primary N) is 1. The Morgan fingerprint density at radius 1 is 1.07 bits per heavy atom. The van der Waals surface area contributed by atoms with Gasteiger partial charge in [-0.25, -0.2) is 5.84 Å². The molecule has 1 aliphatic rings. The molecule has 0 aromatic heterocycles. The van der Waals surface area contributed by atoms with Crippen molar-refractivity contribution in [2.45, 2.75) is 32.6 Å². The van der Waals surface area contributed by atoms with E-state index in [1.165, 1.54) is 0 Å². The number of carbonyl (C=O) groups is 3. The Kier molecular flexibility index (Phi) is 8.72. The van der Waals surface area contributed by atoms with E-state index in [4.69, 9.17) is 10.6 Å². The number of halogens is 1. The fraction of sp³-hybridized carbons (Fsp3) is 0.526. The Morgan fingerprint density at radius 3 is 2.25 bits per heavy atom. The summed E-state index contributed by atoms with van der Waals surface area (Å²) in [5.41, 5.74) is 3.18. The molecule has 28 heavy (non-hydrogen) atoms. The van der Waals surface area contributed by atoms with Crippen LogP contribution in [0.15, 0.2) is 22.7 Å². The molecule has 1 fully saturated rings. The van der Waals surface area contributed by atoms with E-state index in [1.54, 1.807) is 9.80 Å². The Balaban J connectivity index is 1.67. The molecule has 3 N–H and O–H groups in total. The minimum absolute atomic E-state index is 0.00414. The van der Waals surface area contributed by atoms with Crippen molar-refractivity contribution in [3.63, 3.8) is 0 Å². The van der Waals surface area contributed by atoms with Gasteiger partial charge in [0.1, 0.15) is 5.75 Å². The average molecular weight is 455 g/mol. The van der Waals surface area contributed by atoms with Crippen LogP contribution in [0.25, 0.3) is 0 Å². The normalized spacial score (nSPS) is 14.0. The van der Waals surface area contributed by atoms with Gasteiger partial charge in [-0.15, -0.1) is 0 Å². The highest BCUT2D eigenvalue weighted by atomic mass is 79.9. The minimum Gasteiger partial charge on any atom is -0.492 e. The lowest BCUT2D eigenvalue weighted by molar-refractivity contribution is -0.140. The van der Waals surface area contributed by atoms with Crippen molar-refractivity contribution >= 4 is 33.7 Å². The molecule has 8 nitrogen and oxygen atoms in total. The molecule has 0 saturated carbocycles. The van der Waals surface area contributed by atoms with Gasteiger partial charge in [0.15, 0.2) is 0 Å². The maximum Gasteiger partial charge on any atom is 0.233 e.